The third kappa shape index (κ3) is 2.51. The van der Waals surface area contributed by atoms with E-state index in [0.717, 1.165) is 6.42 Å². The van der Waals surface area contributed by atoms with E-state index in [1.807, 2.05) is 32.0 Å². The zero-order chi connectivity index (χ0) is 15.0. The van der Waals surface area contributed by atoms with Crippen LogP contribution >= 0.6 is 0 Å². The van der Waals surface area contributed by atoms with Crippen LogP contribution in [0.15, 0.2) is 39.9 Å². The van der Waals surface area contributed by atoms with Gasteiger partial charge in [-0.1, -0.05) is 30.3 Å². The van der Waals surface area contributed by atoms with Crippen molar-refractivity contribution in [3.63, 3.8) is 0 Å². The highest BCUT2D eigenvalue weighted by Crippen LogP contribution is 2.21. The van der Waals surface area contributed by atoms with Gasteiger partial charge in [-0.15, -0.1) is 0 Å². The maximum Gasteiger partial charge on any atom is 0.330 e. The second kappa shape index (κ2) is 5.24. The Morgan fingerprint density at radius 1 is 1.24 bits per heavy atom. The van der Waals surface area contributed by atoms with E-state index in [1.54, 1.807) is 0 Å². The molecule has 0 amide bonds. The highest BCUT2D eigenvalue weighted by Gasteiger charge is 2.26. The fourth-order valence-corrected chi connectivity index (χ4v) is 2.89. The van der Waals surface area contributed by atoms with Gasteiger partial charge in [-0.25, -0.2) is 4.79 Å². The maximum absolute atomic E-state index is 12.4. The normalized spacial score (nSPS) is 16.8. The number of anilines is 1. The Morgan fingerprint density at radius 2 is 1.95 bits per heavy atom. The second-order valence-corrected chi connectivity index (χ2v) is 5.79. The Bertz CT molecular complexity index is 759. The molecule has 0 saturated carbocycles. The molecule has 5 nitrogen and oxygen atoms in total. The van der Waals surface area contributed by atoms with E-state index in [2.05, 4.69) is 22.4 Å². The molecular weight excluding hydrogens is 266 g/mol. The molecule has 0 fully saturated rings. The molecule has 3 rings (SSSR count). The Labute approximate surface area is 122 Å². The van der Waals surface area contributed by atoms with E-state index in [1.165, 1.54) is 10.1 Å². The maximum atomic E-state index is 12.4. The number of nitrogens with one attached hydrogen (secondary N) is 2. The summed E-state index contributed by atoms with van der Waals surface area (Å²) in [5, 5.41) is 3.26. The van der Waals surface area contributed by atoms with Gasteiger partial charge in [0.05, 0.1) is 5.56 Å². The molecule has 1 aromatic heterocycles. The molecule has 0 spiro atoms. The summed E-state index contributed by atoms with van der Waals surface area (Å²) in [6, 6.07) is 10.1. The molecule has 0 bridgehead atoms. The summed E-state index contributed by atoms with van der Waals surface area (Å²) in [6.07, 6.45) is 1.48. The second-order valence-electron chi connectivity index (χ2n) is 5.79. The van der Waals surface area contributed by atoms with Crippen LogP contribution in [0.3, 0.4) is 0 Å². The van der Waals surface area contributed by atoms with Crippen LogP contribution in [-0.4, -0.2) is 15.6 Å². The molecule has 0 unspecified atom stereocenters. The zero-order valence-electron chi connectivity index (χ0n) is 12.2. The van der Waals surface area contributed by atoms with E-state index in [0.29, 0.717) is 17.8 Å². The fraction of sp³-hybridized carbons (Fsp3) is 0.375. The molecule has 2 heterocycles. The van der Waals surface area contributed by atoms with Gasteiger partial charge in [0.1, 0.15) is 5.82 Å². The molecule has 21 heavy (non-hydrogen) atoms. The Morgan fingerprint density at radius 3 is 2.62 bits per heavy atom. The van der Waals surface area contributed by atoms with Gasteiger partial charge in [-0.05, 0) is 25.8 Å². The summed E-state index contributed by atoms with van der Waals surface area (Å²) >= 11 is 0. The van der Waals surface area contributed by atoms with Gasteiger partial charge in [-0.3, -0.25) is 14.3 Å². The lowest BCUT2D eigenvalue weighted by Crippen LogP contribution is -2.37. The molecule has 5 heteroatoms. The van der Waals surface area contributed by atoms with E-state index >= 15 is 0 Å². The van der Waals surface area contributed by atoms with E-state index in [4.69, 9.17) is 0 Å². The highest BCUT2D eigenvalue weighted by atomic mass is 16.2. The first-order valence-electron chi connectivity index (χ1n) is 7.24. The number of hydrogen-bond acceptors (Lipinski definition) is 3. The van der Waals surface area contributed by atoms with Crippen molar-refractivity contribution in [2.75, 3.05) is 5.32 Å². The van der Waals surface area contributed by atoms with Crippen LogP contribution in [0.1, 0.15) is 31.0 Å². The quantitative estimate of drug-likeness (QED) is 0.902. The molecular formula is C16H19N3O2. The fourth-order valence-electron chi connectivity index (χ4n) is 2.89. The van der Waals surface area contributed by atoms with Crippen molar-refractivity contribution in [3.8, 4) is 0 Å². The standard InChI is InChI=1S/C16H19N3O2/c1-10(2)19-15(20)13-9-12(17-14(13)18-16(19)21)8-11-6-4-3-5-7-11/h3-7,10,12,17H,8-9H2,1-2H3,(H,18,21)/t12-/m0/s1. The largest absolute Gasteiger partial charge is 0.368 e. The highest BCUT2D eigenvalue weighted by molar-refractivity contribution is 5.49. The molecule has 110 valence electrons. The average molecular weight is 285 g/mol. The number of fused-ring (bicyclic) bond motifs is 1. The lowest BCUT2D eigenvalue weighted by atomic mass is 10.0. The number of rotatable bonds is 3. The van der Waals surface area contributed by atoms with E-state index in [-0.39, 0.29) is 23.3 Å². The topological polar surface area (TPSA) is 66.9 Å². The minimum atomic E-state index is -0.346. The van der Waals surface area contributed by atoms with Crippen LogP contribution in [0.25, 0.3) is 0 Å². The number of aromatic amines is 1. The van der Waals surface area contributed by atoms with E-state index < -0.39 is 0 Å². The smallest absolute Gasteiger partial charge is 0.330 e. The van der Waals surface area contributed by atoms with Crippen LogP contribution in [0, 0.1) is 0 Å². The van der Waals surface area contributed by atoms with Gasteiger partial charge in [0, 0.05) is 18.5 Å². The van der Waals surface area contributed by atoms with Crippen molar-refractivity contribution in [1.82, 2.24) is 9.55 Å². The van der Waals surface area contributed by atoms with Gasteiger partial charge in [0.25, 0.3) is 5.56 Å². The zero-order valence-corrected chi connectivity index (χ0v) is 12.2. The summed E-state index contributed by atoms with van der Waals surface area (Å²) in [4.78, 5) is 27.2. The Balaban J connectivity index is 1.90. The lowest BCUT2D eigenvalue weighted by molar-refractivity contribution is 0.543. The summed E-state index contributed by atoms with van der Waals surface area (Å²) < 4.78 is 1.28. The van der Waals surface area contributed by atoms with Crippen molar-refractivity contribution in [3.05, 3.63) is 62.3 Å². The molecule has 0 saturated heterocycles. The number of benzene rings is 1. The van der Waals surface area contributed by atoms with Crippen LogP contribution in [0.2, 0.25) is 0 Å². The van der Waals surface area contributed by atoms with Gasteiger partial charge < -0.3 is 5.32 Å². The molecule has 1 atom stereocenters. The van der Waals surface area contributed by atoms with Crippen molar-refractivity contribution >= 4 is 5.82 Å². The number of H-pyrrole nitrogens is 1. The SMILES string of the molecule is CC(C)n1c(=O)[nH]c2c(c1=O)C[C@H](Cc1ccccc1)N2. The minimum absolute atomic E-state index is 0.139. The Kier molecular flexibility index (Phi) is 3.41. The summed E-state index contributed by atoms with van der Waals surface area (Å²) in [5.41, 5.74) is 1.38. The number of hydrogen-bond donors (Lipinski definition) is 2. The first kappa shape index (κ1) is 13.7. The summed E-state index contributed by atoms with van der Waals surface area (Å²) in [5.74, 6) is 0.586. The molecule has 1 aromatic carbocycles. The molecule has 2 aromatic rings. The van der Waals surface area contributed by atoms with Crippen molar-refractivity contribution in [2.24, 2.45) is 0 Å². The minimum Gasteiger partial charge on any atom is -0.368 e. The van der Waals surface area contributed by atoms with Gasteiger partial charge in [0.2, 0.25) is 0 Å². The van der Waals surface area contributed by atoms with Gasteiger partial charge in [-0.2, -0.15) is 0 Å². The number of nitrogens with zero attached hydrogens (tertiary/aromatic N) is 1. The van der Waals surface area contributed by atoms with Crippen molar-refractivity contribution < 1.29 is 0 Å². The molecule has 1 aliphatic rings. The third-order valence-electron chi connectivity index (χ3n) is 3.87. The predicted molar refractivity (Wildman–Crippen MR) is 83.0 cm³/mol. The van der Waals surface area contributed by atoms with Crippen molar-refractivity contribution in [2.45, 2.75) is 38.8 Å². The molecule has 1 aliphatic heterocycles. The molecule has 0 radical (unpaired) electrons. The van der Waals surface area contributed by atoms with E-state index in [9.17, 15) is 9.59 Å². The summed E-state index contributed by atoms with van der Waals surface area (Å²) in [6.45, 7) is 3.68. The molecule has 0 aliphatic carbocycles. The first-order chi connectivity index (χ1) is 10.1. The average Bonchev–Trinajstić information content (AvgIpc) is 2.82. The van der Waals surface area contributed by atoms with Gasteiger partial charge >= 0.3 is 5.69 Å². The predicted octanol–water partition coefficient (Wildman–Crippen LogP) is 1.70. The third-order valence-corrected chi connectivity index (χ3v) is 3.87. The number of aromatic nitrogens is 2. The van der Waals surface area contributed by atoms with Crippen LogP contribution in [0.5, 0.6) is 0 Å². The lowest BCUT2D eigenvalue weighted by Gasteiger charge is -2.10. The monoisotopic (exact) mass is 285 g/mol. The Hall–Kier alpha value is -2.30. The van der Waals surface area contributed by atoms with Crippen LogP contribution in [-0.2, 0) is 12.8 Å². The molecule has 2 N–H and O–H groups in total. The van der Waals surface area contributed by atoms with Crippen molar-refractivity contribution in [1.29, 1.82) is 0 Å². The van der Waals surface area contributed by atoms with Crippen LogP contribution < -0.4 is 16.6 Å². The summed E-state index contributed by atoms with van der Waals surface area (Å²) in [7, 11) is 0. The first-order valence-corrected chi connectivity index (χ1v) is 7.24. The van der Waals surface area contributed by atoms with Gasteiger partial charge in [0.15, 0.2) is 0 Å². The van der Waals surface area contributed by atoms with Crippen LogP contribution in [0.4, 0.5) is 5.82 Å².